The van der Waals surface area contributed by atoms with E-state index >= 15 is 0 Å². The summed E-state index contributed by atoms with van der Waals surface area (Å²) in [5, 5.41) is 12.0. The monoisotopic (exact) mass is 430 g/mol. The van der Waals surface area contributed by atoms with Gasteiger partial charge in [0.05, 0.1) is 16.4 Å². The van der Waals surface area contributed by atoms with Crippen molar-refractivity contribution in [3.8, 4) is 5.69 Å². The van der Waals surface area contributed by atoms with Gasteiger partial charge in [-0.15, -0.1) is 11.3 Å². The van der Waals surface area contributed by atoms with Crippen LogP contribution >= 0.6 is 22.9 Å². The highest BCUT2D eigenvalue weighted by atomic mass is 35.5. The summed E-state index contributed by atoms with van der Waals surface area (Å²) in [6, 6.07) is 10.6. The smallest absolute Gasteiger partial charge is 0.348 e. The molecule has 0 saturated carbocycles. The quantitative estimate of drug-likeness (QED) is 0.478. The number of amides is 1. The van der Waals surface area contributed by atoms with Crippen LogP contribution < -0.4 is 5.32 Å². The van der Waals surface area contributed by atoms with Crippen molar-refractivity contribution < 1.29 is 18.8 Å². The Balaban J connectivity index is 1.51. The van der Waals surface area contributed by atoms with E-state index in [0.717, 1.165) is 21.6 Å². The largest absolute Gasteiger partial charge is 0.451 e. The number of carbonyl (C=O) groups is 2. The highest BCUT2D eigenvalue weighted by Gasteiger charge is 2.20. The van der Waals surface area contributed by atoms with Crippen molar-refractivity contribution in [2.75, 3.05) is 11.9 Å². The number of aromatic nitrogens is 3. The lowest BCUT2D eigenvalue weighted by Gasteiger charge is -2.04. The third-order valence-corrected chi connectivity index (χ3v) is 5.47. The predicted octanol–water partition coefficient (Wildman–Crippen LogP) is 4.14. The zero-order chi connectivity index (χ0) is 20.5. The van der Waals surface area contributed by atoms with E-state index in [9.17, 15) is 9.59 Å². The molecular weight excluding hydrogens is 416 g/mol. The van der Waals surface area contributed by atoms with E-state index in [4.69, 9.17) is 20.9 Å². The van der Waals surface area contributed by atoms with Gasteiger partial charge in [0.1, 0.15) is 15.5 Å². The molecule has 0 saturated heterocycles. The van der Waals surface area contributed by atoms with E-state index in [1.165, 1.54) is 11.3 Å². The van der Waals surface area contributed by atoms with Gasteiger partial charge in [-0.3, -0.25) is 4.79 Å². The highest BCUT2D eigenvalue weighted by Crippen LogP contribution is 2.32. The lowest BCUT2D eigenvalue weighted by molar-refractivity contribution is -0.119. The summed E-state index contributed by atoms with van der Waals surface area (Å²) in [5.74, 6) is -0.277. The first-order valence-electron chi connectivity index (χ1n) is 8.57. The van der Waals surface area contributed by atoms with E-state index in [-0.39, 0.29) is 5.82 Å². The molecule has 1 N–H and O–H groups in total. The molecule has 0 spiro atoms. The van der Waals surface area contributed by atoms with E-state index in [1.807, 2.05) is 25.1 Å². The summed E-state index contributed by atoms with van der Waals surface area (Å²) in [6.45, 7) is 3.12. The molecule has 148 valence electrons. The van der Waals surface area contributed by atoms with Crippen LogP contribution in [0.15, 0.2) is 40.9 Å². The first-order chi connectivity index (χ1) is 13.9. The van der Waals surface area contributed by atoms with Crippen molar-refractivity contribution in [3.05, 3.63) is 57.8 Å². The Morgan fingerprint density at radius 2 is 2.07 bits per heavy atom. The molecule has 1 aromatic carbocycles. The number of halogens is 1. The number of thiophene rings is 1. The second-order valence-corrected chi connectivity index (χ2v) is 7.66. The molecule has 3 aromatic heterocycles. The Labute approximate surface area is 174 Å². The van der Waals surface area contributed by atoms with Gasteiger partial charge in [0.2, 0.25) is 0 Å². The van der Waals surface area contributed by atoms with Crippen LogP contribution in [0.3, 0.4) is 0 Å². The summed E-state index contributed by atoms with van der Waals surface area (Å²) in [6.07, 6.45) is 0. The maximum atomic E-state index is 12.4. The Kier molecular flexibility index (Phi) is 5.08. The fourth-order valence-corrected chi connectivity index (χ4v) is 4.03. The molecule has 0 fully saturated rings. The Morgan fingerprint density at radius 3 is 2.79 bits per heavy atom. The molecule has 4 aromatic rings. The number of benzene rings is 1. The zero-order valence-electron chi connectivity index (χ0n) is 15.4. The number of hydrogen-bond donors (Lipinski definition) is 1. The van der Waals surface area contributed by atoms with Crippen molar-refractivity contribution in [3.63, 3.8) is 0 Å². The Morgan fingerprint density at radius 1 is 1.28 bits per heavy atom. The van der Waals surface area contributed by atoms with Crippen LogP contribution in [-0.2, 0) is 9.53 Å². The number of anilines is 1. The lowest BCUT2D eigenvalue weighted by Crippen LogP contribution is -2.20. The van der Waals surface area contributed by atoms with Gasteiger partial charge in [0, 0.05) is 11.5 Å². The van der Waals surface area contributed by atoms with E-state index in [2.05, 4.69) is 15.6 Å². The minimum Gasteiger partial charge on any atom is -0.451 e. The number of hydrogen-bond acceptors (Lipinski definition) is 7. The highest BCUT2D eigenvalue weighted by molar-refractivity contribution is 7.20. The molecule has 0 bridgehead atoms. The minimum atomic E-state index is -0.595. The maximum Gasteiger partial charge on any atom is 0.348 e. The second-order valence-electron chi connectivity index (χ2n) is 6.23. The van der Waals surface area contributed by atoms with Crippen molar-refractivity contribution in [2.45, 2.75) is 13.8 Å². The lowest BCUT2D eigenvalue weighted by atomic mass is 10.3. The number of fused-ring (bicyclic) bond motifs is 1. The summed E-state index contributed by atoms with van der Waals surface area (Å²) < 4.78 is 11.7. The molecule has 3 heterocycles. The normalized spacial score (nSPS) is 11.0. The molecule has 10 heteroatoms. The van der Waals surface area contributed by atoms with E-state index in [0.29, 0.717) is 15.7 Å². The first-order valence-corrected chi connectivity index (χ1v) is 9.76. The van der Waals surface area contributed by atoms with Gasteiger partial charge in [-0.05, 0) is 32.0 Å². The molecule has 8 nitrogen and oxygen atoms in total. The van der Waals surface area contributed by atoms with Crippen LogP contribution in [0.4, 0.5) is 5.82 Å². The zero-order valence-corrected chi connectivity index (χ0v) is 17.0. The molecule has 0 aliphatic rings. The summed E-state index contributed by atoms with van der Waals surface area (Å²) in [7, 11) is 0. The Bertz CT molecular complexity index is 1230. The van der Waals surface area contributed by atoms with Gasteiger partial charge in [0.15, 0.2) is 12.4 Å². The number of ether oxygens (including phenoxy) is 1. The van der Waals surface area contributed by atoms with E-state index in [1.54, 1.807) is 29.8 Å². The third-order valence-electron chi connectivity index (χ3n) is 4.06. The maximum absolute atomic E-state index is 12.4. The van der Waals surface area contributed by atoms with E-state index < -0.39 is 18.5 Å². The van der Waals surface area contributed by atoms with Crippen LogP contribution in [-0.4, -0.2) is 33.4 Å². The number of rotatable bonds is 5. The van der Waals surface area contributed by atoms with Gasteiger partial charge in [-0.1, -0.05) is 28.9 Å². The summed E-state index contributed by atoms with van der Waals surface area (Å²) in [5.41, 5.74) is 1.48. The minimum absolute atomic E-state index is 0.265. The van der Waals surface area contributed by atoms with Gasteiger partial charge < -0.3 is 14.6 Å². The standard InChI is InChI=1S/C19H15ClN4O4S/c1-10-7-16(23-28-10)21-17(25)9-27-19(26)15-8-12-11(2)22-24(18(12)29-15)14-6-4-3-5-13(14)20/h3-8H,9H2,1-2H3,(H,21,23,25). The average Bonchev–Trinajstić information content (AvgIpc) is 3.37. The van der Waals surface area contributed by atoms with Crippen LogP contribution in [0.2, 0.25) is 5.02 Å². The second kappa shape index (κ2) is 7.69. The molecule has 0 atom stereocenters. The number of nitrogens with zero attached hydrogens (tertiary/aromatic N) is 3. The molecular formula is C19H15ClN4O4S. The van der Waals surface area contributed by atoms with Crippen LogP contribution in [0, 0.1) is 13.8 Å². The average molecular weight is 431 g/mol. The number of para-hydroxylation sites is 1. The fraction of sp³-hybridized carbons (Fsp3) is 0.158. The predicted molar refractivity (Wildman–Crippen MR) is 109 cm³/mol. The molecule has 0 aliphatic heterocycles. The first kappa shape index (κ1) is 19.2. The van der Waals surface area contributed by atoms with Crippen molar-refractivity contribution >= 4 is 50.8 Å². The van der Waals surface area contributed by atoms with Crippen LogP contribution in [0.1, 0.15) is 21.1 Å². The molecule has 29 heavy (non-hydrogen) atoms. The van der Waals surface area contributed by atoms with Crippen LogP contribution in [0.25, 0.3) is 15.9 Å². The number of carbonyl (C=O) groups excluding carboxylic acids is 2. The molecule has 4 rings (SSSR count). The summed E-state index contributed by atoms with van der Waals surface area (Å²) in [4.78, 5) is 25.5. The fourth-order valence-electron chi connectivity index (χ4n) is 2.74. The summed E-state index contributed by atoms with van der Waals surface area (Å²) >= 11 is 7.51. The van der Waals surface area contributed by atoms with Crippen molar-refractivity contribution in [1.29, 1.82) is 0 Å². The van der Waals surface area contributed by atoms with Crippen LogP contribution in [0.5, 0.6) is 0 Å². The van der Waals surface area contributed by atoms with Gasteiger partial charge in [0.25, 0.3) is 5.91 Å². The van der Waals surface area contributed by atoms with Gasteiger partial charge in [-0.25, -0.2) is 9.48 Å². The number of nitrogens with one attached hydrogen (secondary N) is 1. The number of aryl methyl sites for hydroxylation is 2. The molecule has 0 radical (unpaired) electrons. The Hall–Kier alpha value is -3.17. The molecule has 1 amide bonds. The third kappa shape index (κ3) is 3.87. The topological polar surface area (TPSA) is 99.2 Å². The van der Waals surface area contributed by atoms with Gasteiger partial charge >= 0.3 is 5.97 Å². The SMILES string of the molecule is Cc1cc(NC(=O)COC(=O)c2cc3c(C)nn(-c4ccccc4Cl)c3s2)no1. The molecule has 0 aliphatic carbocycles. The number of esters is 1. The molecule has 0 unspecified atom stereocenters. The van der Waals surface area contributed by atoms with Gasteiger partial charge in [-0.2, -0.15) is 5.10 Å². The van der Waals surface area contributed by atoms with Crippen molar-refractivity contribution in [1.82, 2.24) is 14.9 Å². The van der Waals surface area contributed by atoms with Crippen molar-refractivity contribution in [2.24, 2.45) is 0 Å².